The lowest BCUT2D eigenvalue weighted by atomic mass is 9.87. The molecule has 0 fully saturated rings. The van der Waals surface area contributed by atoms with Crippen LogP contribution in [0.25, 0.3) is 0 Å². The van der Waals surface area contributed by atoms with Gasteiger partial charge in [-0.05, 0) is 42.5 Å². The normalized spacial score (nSPS) is 11.3. The van der Waals surface area contributed by atoms with E-state index in [1.54, 1.807) is 0 Å². The summed E-state index contributed by atoms with van der Waals surface area (Å²) >= 11 is 0. The third-order valence-corrected chi connectivity index (χ3v) is 3.65. The van der Waals surface area contributed by atoms with Gasteiger partial charge in [0.25, 0.3) is 0 Å². The van der Waals surface area contributed by atoms with Gasteiger partial charge in [-0.1, -0.05) is 62.2 Å². The van der Waals surface area contributed by atoms with E-state index < -0.39 is 0 Å². The number of ether oxygens (including phenoxy) is 1. The van der Waals surface area contributed by atoms with Crippen molar-refractivity contribution in [2.24, 2.45) is 0 Å². The first kappa shape index (κ1) is 16.3. The van der Waals surface area contributed by atoms with Gasteiger partial charge >= 0.3 is 5.97 Å². The third kappa shape index (κ3) is 4.20. The predicted molar refractivity (Wildman–Crippen MR) is 90.2 cm³/mol. The minimum absolute atomic E-state index is 0.133. The number of hydrogen-bond acceptors (Lipinski definition) is 2. The van der Waals surface area contributed by atoms with Crippen LogP contribution in [0.4, 0.5) is 0 Å². The second-order valence-electron chi connectivity index (χ2n) is 6.90. The van der Waals surface area contributed by atoms with Crippen molar-refractivity contribution in [3.63, 3.8) is 0 Å². The highest BCUT2D eigenvalue weighted by Crippen LogP contribution is 2.22. The molecule has 0 heterocycles. The molecule has 2 aromatic rings. The number of aryl methyl sites for hydroxylation is 2. The van der Waals surface area contributed by atoms with E-state index in [1.807, 2.05) is 44.2 Å². The summed E-state index contributed by atoms with van der Waals surface area (Å²) in [5, 5.41) is 0. The molecule has 0 unspecified atom stereocenters. The Morgan fingerprint density at radius 2 is 1.50 bits per heavy atom. The van der Waals surface area contributed by atoms with Crippen LogP contribution in [0, 0.1) is 13.8 Å². The molecule has 116 valence electrons. The molecule has 2 rings (SSSR count). The summed E-state index contributed by atoms with van der Waals surface area (Å²) in [5.41, 5.74) is 5.17. The molecule has 0 atom stereocenters. The minimum atomic E-state index is -0.272. The standard InChI is InChI=1S/C20H24O2/c1-14-10-15(2)12-17(11-14)19(21)22-13-16-6-8-18(9-7-16)20(3,4)5/h6-12H,13H2,1-5H3. The van der Waals surface area contributed by atoms with Gasteiger partial charge in [0.15, 0.2) is 0 Å². The van der Waals surface area contributed by atoms with Crippen molar-refractivity contribution < 1.29 is 9.53 Å². The van der Waals surface area contributed by atoms with Gasteiger partial charge in [-0.3, -0.25) is 0 Å². The van der Waals surface area contributed by atoms with Crippen LogP contribution in [0.1, 0.15) is 53.4 Å². The molecule has 0 aliphatic heterocycles. The van der Waals surface area contributed by atoms with Crippen LogP contribution in [0.2, 0.25) is 0 Å². The predicted octanol–water partition coefficient (Wildman–Crippen LogP) is 4.96. The number of carbonyl (C=O) groups is 1. The van der Waals surface area contributed by atoms with Crippen LogP contribution in [0.15, 0.2) is 42.5 Å². The summed E-state index contributed by atoms with van der Waals surface area (Å²) in [7, 11) is 0. The molecule has 0 bridgehead atoms. The minimum Gasteiger partial charge on any atom is -0.457 e. The molecule has 0 saturated carbocycles. The van der Waals surface area contributed by atoms with Crippen molar-refractivity contribution >= 4 is 5.97 Å². The van der Waals surface area contributed by atoms with E-state index in [2.05, 4.69) is 32.9 Å². The molecule has 0 aromatic heterocycles. The van der Waals surface area contributed by atoms with E-state index in [0.29, 0.717) is 12.2 Å². The van der Waals surface area contributed by atoms with E-state index in [0.717, 1.165) is 16.7 Å². The summed E-state index contributed by atoms with van der Waals surface area (Å²) in [5.74, 6) is -0.272. The number of rotatable bonds is 3. The van der Waals surface area contributed by atoms with Crippen molar-refractivity contribution in [3.8, 4) is 0 Å². The number of esters is 1. The van der Waals surface area contributed by atoms with Crippen molar-refractivity contribution in [2.45, 2.75) is 46.6 Å². The Morgan fingerprint density at radius 1 is 0.955 bits per heavy atom. The van der Waals surface area contributed by atoms with Gasteiger partial charge in [0.2, 0.25) is 0 Å². The van der Waals surface area contributed by atoms with Crippen LogP contribution in [0.3, 0.4) is 0 Å². The molecule has 0 saturated heterocycles. The van der Waals surface area contributed by atoms with Gasteiger partial charge in [0.05, 0.1) is 5.56 Å². The second-order valence-corrected chi connectivity index (χ2v) is 6.90. The van der Waals surface area contributed by atoms with Gasteiger partial charge in [-0.25, -0.2) is 4.79 Å². The first-order chi connectivity index (χ1) is 10.3. The third-order valence-electron chi connectivity index (χ3n) is 3.65. The monoisotopic (exact) mass is 296 g/mol. The Hall–Kier alpha value is -2.09. The van der Waals surface area contributed by atoms with Crippen LogP contribution in [0.5, 0.6) is 0 Å². The average molecular weight is 296 g/mol. The molecule has 0 aliphatic rings. The van der Waals surface area contributed by atoms with Crippen LogP contribution >= 0.6 is 0 Å². The lowest BCUT2D eigenvalue weighted by Crippen LogP contribution is -2.11. The van der Waals surface area contributed by atoms with Crippen molar-refractivity contribution in [3.05, 3.63) is 70.3 Å². The molecule has 0 N–H and O–H groups in total. The smallest absolute Gasteiger partial charge is 0.338 e. The molecule has 0 amide bonds. The zero-order valence-corrected chi connectivity index (χ0v) is 14.1. The molecule has 2 heteroatoms. The lowest BCUT2D eigenvalue weighted by Gasteiger charge is -2.19. The molecule has 0 spiro atoms. The summed E-state index contributed by atoms with van der Waals surface area (Å²) in [6, 6.07) is 14.0. The Labute approximate surface area is 133 Å². The van der Waals surface area contributed by atoms with E-state index in [9.17, 15) is 4.79 Å². The lowest BCUT2D eigenvalue weighted by molar-refractivity contribution is 0.0472. The summed E-state index contributed by atoms with van der Waals surface area (Å²) in [6.07, 6.45) is 0. The van der Waals surface area contributed by atoms with Gasteiger partial charge < -0.3 is 4.74 Å². The summed E-state index contributed by atoms with van der Waals surface area (Å²) < 4.78 is 5.41. The first-order valence-corrected chi connectivity index (χ1v) is 7.60. The summed E-state index contributed by atoms with van der Waals surface area (Å²) in [6.45, 7) is 10.8. The van der Waals surface area contributed by atoms with Crippen molar-refractivity contribution in [2.75, 3.05) is 0 Å². The maximum atomic E-state index is 12.1. The fourth-order valence-corrected chi connectivity index (χ4v) is 2.43. The molecular formula is C20H24O2. The zero-order chi connectivity index (χ0) is 16.3. The largest absolute Gasteiger partial charge is 0.457 e. The number of carbonyl (C=O) groups excluding carboxylic acids is 1. The van der Waals surface area contributed by atoms with Gasteiger partial charge in [0.1, 0.15) is 6.61 Å². The Morgan fingerprint density at radius 3 is 2.00 bits per heavy atom. The van der Waals surface area contributed by atoms with E-state index in [-0.39, 0.29) is 11.4 Å². The van der Waals surface area contributed by atoms with Crippen LogP contribution < -0.4 is 0 Å². The molecule has 0 radical (unpaired) electrons. The molecule has 2 aromatic carbocycles. The average Bonchev–Trinajstić information content (AvgIpc) is 2.43. The van der Waals surface area contributed by atoms with Crippen LogP contribution in [-0.4, -0.2) is 5.97 Å². The summed E-state index contributed by atoms with van der Waals surface area (Å²) in [4.78, 5) is 12.1. The molecule has 2 nitrogen and oxygen atoms in total. The first-order valence-electron chi connectivity index (χ1n) is 7.60. The maximum Gasteiger partial charge on any atom is 0.338 e. The van der Waals surface area contributed by atoms with Gasteiger partial charge in [0, 0.05) is 0 Å². The van der Waals surface area contributed by atoms with Gasteiger partial charge in [-0.2, -0.15) is 0 Å². The Bertz CT molecular complexity index is 641. The van der Waals surface area contributed by atoms with E-state index in [4.69, 9.17) is 4.74 Å². The molecule has 0 aliphatic carbocycles. The highest BCUT2D eigenvalue weighted by atomic mass is 16.5. The zero-order valence-electron chi connectivity index (χ0n) is 14.1. The van der Waals surface area contributed by atoms with Crippen LogP contribution in [-0.2, 0) is 16.8 Å². The fraction of sp³-hybridized carbons (Fsp3) is 0.350. The van der Waals surface area contributed by atoms with E-state index in [1.165, 1.54) is 5.56 Å². The van der Waals surface area contributed by atoms with Crippen molar-refractivity contribution in [1.29, 1.82) is 0 Å². The quantitative estimate of drug-likeness (QED) is 0.748. The fourth-order valence-electron chi connectivity index (χ4n) is 2.43. The Balaban J connectivity index is 2.02. The molecule has 22 heavy (non-hydrogen) atoms. The second kappa shape index (κ2) is 6.35. The Kier molecular flexibility index (Phi) is 4.70. The molecular weight excluding hydrogens is 272 g/mol. The topological polar surface area (TPSA) is 26.3 Å². The van der Waals surface area contributed by atoms with E-state index >= 15 is 0 Å². The van der Waals surface area contributed by atoms with Gasteiger partial charge in [-0.15, -0.1) is 0 Å². The highest BCUT2D eigenvalue weighted by molar-refractivity contribution is 5.89. The highest BCUT2D eigenvalue weighted by Gasteiger charge is 2.13. The maximum absolute atomic E-state index is 12.1. The number of benzene rings is 2. The van der Waals surface area contributed by atoms with Crippen molar-refractivity contribution in [1.82, 2.24) is 0 Å². The number of hydrogen-bond donors (Lipinski definition) is 0. The SMILES string of the molecule is Cc1cc(C)cc(C(=O)OCc2ccc(C(C)(C)C)cc2)c1.